The van der Waals surface area contributed by atoms with Gasteiger partial charge in [-0.15, -0.1) is 11.6 Å². The molecule has 0 aliphatic heterocycles. The lowest BCUT2D eigenvalue weighted by Gasteiger charge is -2.58. The molecule has 0 spiro atoms. The number of carbonyl (C=O) groups excluding carboxylic acids is 1. The molecule has 4 heteroatoms. The monoisotopic (exact) mass is 420 g/mol. The minimum atomic E-state index is 0.0352. The summed E-state index contributed by atoms with van der Waals surface area (Å²) in [5, 5.41) is 3.50. The van der Waals surface area contributed by atoms with Crippen LogP contribution in [-0.2, 0) is 0 Å². The van der Waals surface area contributed by atoms with Gasteiger partial charge >= 0.3 is 6.03 Å². The lowest BCUT2D eigenvalue weighted by molar-refractivity contribution is -0.0488. The molecule has 0 aromatic carbocycles. The number of rotatable bonds is 3. The van der Waals surface area contributed by atoms with Gasteiger partial charge in [-0.25, -0.2) is 4.79 Å². The normalized spacial score (nSPS) is 44.8. The molecule has 3 saturated carbocycles. The number of allylic oxidation sites excluding steroid dienone is 2. The minimum absolute atomic E-state index is 0.0352. The number of amides is 2. The average Bonchev–Trinajstić information content (AvgIpc) is 3.03. The highest BCUT2D eigenvalue weighted by Crippen LogP contribution is 2.67. The van der Waals surface area contributed by atoms with Crippen molar-refractivity contribution in [2.24, 2.45) is 40.4 Å². The first kappa shape index (κ1) is 21.5. The summed E-state index contributed by atoms with van der Waals surface area (Å²) in [4.78, 5) is 13.6. The van der Waals surface area contributed by atoms with Crippen LogP contribution >= 0.6 is 11.6 Å². The zero-order valence-corrected chi connectivity index (χ0v) is 19.9. The zero-order chi connectivity index (χ0) is 21.0. The van der Waals surface area contributed by atoms with Gasteiger partial charge in [-0.05, 0) is 91.8 Å². The van der Waals surface area contributed by atoms with Crippen LogP contribution < -0.4 is 5.32 Å². The summed E-state index contributed by atoms with van der Waals surface area (Å²) in [7, 11) is 3.63. The van der Waals surface area contributed by atoms with E-state index in [4.69, 9.17) is 11.6 Å². The number of carbonyl (C=O) groups is 1. The highest BCUT2D eigenvalue weighted by molar-refractivity contribution is 6.20. The van der Waals surface area contributed by atoms with Crippen molar-refractivity contribution in [3.63, 3.8) is 0 Å². The number of nitrogens with zero attached hydrogens (tertiary/aromatic N) is 1. The van der Waals surface area contributed by atoms with E-state index in [2.05, 4.69) is 32.2 Å². The fraction of sp³-hybridized carbons (Fsp3) is 0.880. The fourth-order valence-corrected chi connectivity index (χ4v) is 8.42. The average molecular weight is 421 g/mol. The number of fused-ring (bicyclic) bond motifs is 5. The summed E-state index contributed by atoms with van der Waals surface area (Å²) < 4.78 is 0. The van der Waals surface area contributed by atoms with Crippen LogP contribution in [0.4, 0.5) is 4.79 Å². The number of hydrogen-bond donors (Lipinski definition) is 1. The number of hydrogen-bond acceptors (Lipinski definition) is 1. The molecule has 0 saturated heterocycles. The largest absolute Gasteiger partial charge is 0.338 e. The van der Waals surface area contributed by atoms with Crippen LogP contribution in [0, 0.1) is 40.4 Å². The molecule has 8 atom stereocenters. The van der Waals surface area contributed by atoms with Crippen LogP contribution in [0.2, 0.25) is 0 Å². The van der Waals surface area contributed by atoms with Crippen molar-refractivity contribution in [2.45, 2.75) is 77.5 Å². The maximum absolute atomic E-state index is 12.0. The van der Waals surface area contributed by atoms with Crippen LogP contribution in [0.3, 0.4) is 0 Å². The van der Waals surface area contributed by atoms with E-state index in [1.807, 2.05) is 14.1 Å². The minimum Gasteiger partial charge on any atom is -0.338 e. The maximum atomic E-state index is 12.0. The van der Waals surface area contributed by atoms with E-state index in [1.165, 1.54) is 44.9 Å². The molecular formula is C25H41ClN2O. The summed E-state index contributed by atoms with van der Waals surface area (Å²) in [6, 6.07) is 0.0352. The lowest BCUT2D eigenvalue weighted by Crippen LogP contribution is -2.51. The molecular weight excluding hydrogens is 380 g/mol. The van der Waals surface area contributed by atoms with Gasteiger partial charge < -0.3 is 10.2 Å². The zero-order valence-electron chi connectivity index (χ0n) is 19.1. The molecule has 2 amide bonds. The summed E-state index contributed by atoms with van der Waals surface area (Å²) in [6.45, 7) is 8.32. The van der Waals surface area contributed by atoms with Crippen LogP contribution in [0.1, 0.15) is 72.1 Å². The Morgan fingerprint density at radius 2 is 1.97 bits per heavy atom. The molecule has 3 nitrogen and oxygen atoms in total. The molecule has 4 aliphatic rings. The molecule has 29 heavy (non-hydrogen) atoms. The number of nitrogens with one attached hydrogen (secondary N) is 1. The molecule has 3 fully saturated rings. The number of halogens is 1. The Kier molecular flexibility index (Phi) is 5.77. The van der Waals surface area contributed by atoms with Crippen molar-refractivity contribution in [1.82, 2.24) is 10.2 Å². The first-order chi connectivity index (χ1) is 13.7. The molecule has 0 bridgehead atoms. The number of alkyl halides is 1. The Labute approximate surface area is 183 Å². The van der Waals surface area contributed by atoms with E-state index >= 15 is 0 Å². The summed E-state index contributed by atoms with van der Waals surface area (Å²) >= 11 is 6.54. The molecule has 1 N–H and O–H groups in total. The predicted molar refractivity (Wildman–Crippen MR) is 121 cm³/mol. The van der Waals surface area contributed by atoms with E-state index in [9.17, 15) is 4.79 Å². The second-order valence-corrected chi connectivity index (χ2v) is 12.0. The van der Waals surface area contributed by atoms with Crippen molar-refractivity contribution >= 4 is 17.6 Å². The molecule has 4 aliphatic carbocycles. The smallest absolute Gasteiger partial charge is 0.316 e. The lowest BCUT2D eigenvalue weighted by atomic mass is 9.47. The van der Waals surface area contributed by atoms with E-state index < -0.39 is 0 Å². The van der Waals surface area contributed by atoms with Crippen molar-refractivity contribution in [3.05, 3.63) is 11.6 Å². The molecule has 4 rings (SSSR count). The van der Waals surface area contributed by atoms with Crippen molar-refractivity contribution in [3.8, 4) is 0 Å². The maximum Gasteiger partial charge on any atom is 0.316 e. The van der Waals surface area contributed by atoms with E-state index in [0.717, 1.165) is 36.6 Å². The van der Waals surface area contributed by atoms with Gasteiger partial charge in [0.25, 0.3) is 0 Å². The van der Waals surface area contributed by atoms with E-state index in [1.54, 1.807) is 10.5 Å². The molecule has 0 radical (unpaired) electrons. The third-order valence-corrected chi connectivity index (χ3v) is 10.2. The third kappa shape index (κ3) is 3.54. The van der Waals surface area contributed by atoms with Gasteiger partial charge in [-0.3, -0.25) is 0 Å². The van der Waals surface area contributed by atoms with E-state index in [-0.39, 0.29) is 6.03 Å². The topological polar surface area (TPSA) is 32.3 Å². The van der Waals surface area contributed by atoms with Crippen LogP contribution in [0.15, 0.2) is 11.6 Å². The van der Waals surface area contributed by atoms with Gasteiger partial charge in [0.15, 0.2) is 0 Å². The number of urea groups is 1. The van der Waals surface area contributed by atoms with Crippen LogP contribution in [-0.4, -0.2) is 36.9 Å². The first-order valence-electron chi connectivity index (χ1n) is 12.0. The Hall–Kier alpha value is -0.700. The second kappa shape index (κ2) is 7.77. The Bertz CT molecular complexity index is 676. The predicted octanol–water partition coefficient (Wildman–Crippen LogP) is 6.08. The standard InChI is InChI=1S/C25H41ClN2O/c1-16(15-27-23(29)28(4)5)20-8-9-21-19-7-6-17-14-18(26)10-12-24(17,2)22(19)11-13-25(20,21)3/h6,16,18-22H,7-15H2,1-5H3,(H,27,29)/t16-,18+,19+,20-,21+,22+,24+,25-/m1/s1. The Morgan fingerprint density at radius 1 is 1.21 bits per heavy atom. The Balaban J connectivity index is 1.49. The van der Waals surface area contributed by atoms with Gasteiger partial charge in [0.2, 0.25) is 0 Å². The molecule has 0 heterocycles. The van der Waals surface area contributed by atoms with Crippen molar-refractivity contribution < 1.29 is 4.79 Å². The van der Waals surface area contributed by atoms with Crippen LogP contribution in [0.5, 0.6) is 0 Å². The SMILES string of the molecule is C[C@H](CNC(=O)N(C)C)[C@H]1CC[C@H]2[C@@H]3CC=C4C[C@@H](Cl)CC[C@]4(C)[C@H]3CC[C@]12C. The summed E-state index contributed by atoms with van der Waals surface area (Å²) in [5.74, 6) is 3.83. The molecule has 0 aromatic rings. The van der Waals surface area contributed by atoms with Gasteiger partial charge in [-0.1, -0.05) is 32.4 Å². The fourth-order valence-electron chi connectivity index (χ4n) is 8.14. The van der Waals surface area contributed by atoms with Crippen molar-refractivity contribution in [1.29, 1.82) is 0 Å². The summed E-state index contributed by atoms with van der Waals surface area (Å²) in [6.07, 6.45) is 12.9. The highest BCUT2D eigenvalue weighted by Gasteiger charge is 2.59. The van der Waals surface area contributed by atoms with Gasteiger partial charge in [0.05, 0.1) is 0 Å². The van der Waals surface area contributed by atoms with E-state index in [0.29, 0.717) is 22.1 Å². The third-order valence-electron chi connectivity index (χ3n) is 9.79. The quantitative estimate of drug-likeness (QED) is 0.435. The van der Waals surface area contributed by atoms with Gasteiger partial charge in [0.1, 0.15) is 0 Å². The van der Waals surface area contributed by atoms with Gasteiger partial charge in [0, 0.05) is 26.0 Å². The van der Waals surface area contributed by atoms with Crippen molar-refractivity contribution in [2.75, 3.05) is 20.6 Å². The second-order valence-electron chi connectivity index (χ2n) is 11.4. The highest BCUT2D eigenvalue weighted by atomic mass is 35.5. The first-order valence-corrected chi connectivity index (χ1v) is 12.4. The van der Waals surface area contributed by atoms with Crippen LogP contribution in [0.25, 0.3) is 0 Å². The molecule has 0 aromatic heterocycles. The summed E-state index contributed by atoms with van der Waals surface area (Å²) in [5.41, 5.74) is 2.52. The van der Waals surface area contributed by atoms with Gasteiger partial charge in [-0.2, -0.15) is 0 Å². The molecule has 0 unspecified atom stereocenters. The molecule has 164 valence electrons. The Morgan fingerprint density at radius 3 is 2.69 bits per heavy atom.